The van der Waals surface area contributed by atoms with E-state index in [0.29, 0.717) is 0 Å². The number of hydrogen-bond acceptors (Lipinski definition) is 2. The summed E-state index contributed by atoms with van der Waals surface area (Å²) in [4.78, 5) is 0. The zero-order valence-corrected chi connectivity index (χ0v) is 16.5. The van der Waals surface area contributed by atoms with Gasteiger partial charge in [-0.1, -0.05) is 64.0 Å². The summed E-state index contributed by atoms with van der Waals surface area (Å²) >= 11 is 11.6. The van der Waals surface area contributed by atoms with Crippen LogP contribution < -0.4 is 15.8 Å². The summed E-state index contributed by atoms with van der Waals surface area (Å²) in [6.07, 6.45) is 11.1. The average Bonchev–Trinajstić information content (AvgIpc) is 2.89. The second kappa shape index (κ2) is 9.59. The van der Waals surface area contributed by atoms with Gasteiger partial charge in [-0.15, -0.1) is 0 Å². The number of hydrazine groups is 1. The number of benzene rings is 1. The summed E-state index contributed by atoms with van der Waals surface area (Å²) in [5.41, 5.74) is 4.54. The number of nitrogens with one attached hydrogen (secondary N) is 2. The normalized spacial score (nSPS) is 20.5. The molecule has 0 amide bonds. The molecule has 3 nitrogen and oxygen atoms in total. The first kappa shape index (κ1) is 19.5. The first-order valence-corrected chi connectivity index (χ1v) is 10.0. The molecule has 0 saturated carbocycles. The van der Waals surface area contributed by atoms with Crippen LogP contribution in [0.1, 0.15) is 71.6 Å². The van der Waals surface area contributed by atoms with Gasteiger partial charge in [-0.3, -0.25) is 5.01 Å². The molecule has 0 aromatic heterocycles. The van der Waals surface area contributed by atoms with Crippen LogP contribution in [0.3, 0.4) is 0 Å². The Morgan fingerprint density at radius 1 is 0.958 bits per heavy atom. The quantitative estimate of drug-likeness (QED) is 0.404. The van der Waals surface area contributed by atoms with Crippen LogP contribution in [0, 0.1) is 0 Å². The Hall–Kier alpha value is -0.840. The highest BCUT2D eigenvalue weighted by Crippen LogP contribution is 2.27. The van der Waals surface area contributed by atoms with Crippen LogP contribution in [0.2, 0.25) is 5.02 Å². The van der Waals surface area contributed by atoms with Crippen LogP contribution >= 0.6 is 23.8 Å². The van der Waals surface area contributed by atoms with Crippen LogP contribution in [-0.2, 0) is 0 Å². The minimum Gasteiger partial charge on any atom is -0.342 e. The molecule has 1 aromatic rings. The molecular formula is C19H30ClN3S. The lowest BCUT2D eigenvalue weighted by atomic mass is 9.97. The Bertz CT molecular complexity index is 520. The van der Waals surface area contributed by atoms with Crippen molar-refractivity contribution in [1.82, 2.24) is 10.7 Å². The summed E-state index contributed by atoms with van der Waals surface area (Å²) in [6, 6.07) is 7.79. The zero-order valence-electron chi connectivity index (χ0n) is 14.9. The van der Waals surface area contributed by atoms with Crippen LogP contribution in [0.5, 0.6) is 0 Å². The van der Waals surface area contributed by atoms with E-state index in [1.807, 2.05) is 29.3 Å². The zero-order chi connectivity index (χ0) is 17.4. The molecule has 0 aliphatic carbocycles. The van der Waals surface area contributed by atoms with Crippen molar-refractivity contribution in [2.45, 2.75) is 77.3 Å². The summed E-state index contributed by atoms with van der Waals surface area (Å²) in [7, 11) is 0. The third kappa shape index (κ3) is 5.33. The van der Waals surface area contributed by atoms with E-state index in [4.69, 9.17) is 23.8 Å². The predicted molar refractivity (Wildman–Crippen MR) is 108 cm³/mol. The largest absolute Gasteiger partial charge is 0.342 e. The molecule has 0 spiro atoms. The second-order valence-corrected chi connectivity index (χ2v) is 7.53. The van der Waals surface area contributed by atoms with E-state index in [-0.39, 0.29) is 5.66 Å². The summed E-state index contributed by atoms with van der Waals surface area (Å²) < 4.78 is 0. The fraction of sp³-hybridized carbons (Fsp3) is 0.632. The molecule has 1 aliphatic heterocycles. The summed E-state index contributed by atoms with van der Waals surface area (Å²) in [6.45, 7) is 4.48. The van der Waals surface area contributed by atoms with E-state index in [9.17, 15) is 0 Å². The maximum absolute atomic E-state index is 5.99. The molecule has 1 atom stereocenters. The molecule has 2 rings (SSSR count). The lowest BCUT2D eigenvalue weighted by Crippen LogP contribution is -2.51. The number of halogens is 1. The predicted octanol–water partition coefficient (Wildman–Crippen LogP) is 5.79. The Morgan fingerprint density at radius 3 is 2.29 bits per heavy atom. The van der Waals surface area contributed by atoms with Crippen molar-refractivity contribution in [3.05, 3.63) is 29.3 Å². The molecule has 1 fully saturated rings. The van der Waals surface area contributed by atoms with Gasteiger partial charge >= 0.3 is 0 Å². The first-order valence-electron chi connectivity index (χ1n) is 9.26. The molecule has 24 heavy (non-hydrogen) atoms. The molecule has 1 heterocycles. The highest BCUT2D eigenvalue weighted by atomic mass is 35.5. The Kier molecular flexibility index (Phi) is 7.79. The van der Waals surface area contributed by atoms with Gasteiger partial charge < -0.3 is 5.32 Å². The lowest BCUT2D eigenvalue weighted by Gasteiger charge is -2.30. The van der Waals surface area contributed by atoms with Gasteiger partial charge in [-0.25, -0.2) is 5.43 Å². The van der Waals surface area contributed by atoms with Gasteiger partial charge in [-0.2, -0.15) is 0 Å². The van der Waals surface area contributed by atoms with Gasteiger partial charge in [0.2, 0.25) is 0 Å². The molecular weight excluding hydrogens is 338 g/mol. The molecule has 0 bridgehead atoms. The minimum atomic E-state index is -0.115. The van der Waals surface area contributed by atoms with E-state index in [0.717, 1.165) is 35.1 Å². The van der Waals surface area contributed by atoms with Crippen molar-refractivity contribution in [3.63, 3.8) is 0 Å². The first-order chi connectivity index (χ1) is 11.6. The van der Waals surface area contributed by atoms with Gasteiger partial charge in [-0.05, 0) is 55.7 Å². The van der Waals surface area contributed by atoms with Crippen molar-refractivity contribution in [2.24, 2.45) is 0 Å². The molecule has 1 saturated heterocycles. The highest BCUT2D eigenvalue weighted by molar-refractivity contribution is 7.80. The van der Waals surface area contributed by atoms with E-state index in [1.54, 1.807) is 0 Å². The number of unbranched alkanes of at least 4 members (excludes halogenated alkanes) is 5. The van der Waals surface area contributed by atoms with Crippen LogP contribution in [0.15, 0.2) is 24.3 Å². The van der Waals surface area contributed by atoms with Crippen molar-refractivity contribution in [2.75, 3.05) is 5.01 Å². The van der Waals surface area contributed by atoms with Crippen molar-refractivity contribution in [3.8, 4) is 0 Å². The number of hydrogen-bond donors (Lipinski definition) is 2. The van der Waals surface area contributed by atoms with Gasteiger partial charge in [0, 0.05) is 5.02 Å². The summed E-state index contributed by atoms with van der Waals surface area (Å²) in [5.74, 6) is 0. The molecule has 2 N–H and O–H groups in total. The molecule has 1 aromatic carbocycles. The third-order valence-corrected chi connectivity index (χ3v) is 5.13. The Morgan fingerprint density at radius 2 is 1.62 bits per heavy atom. The number of thiocarbonyl (C=S) groups is 1. The fourth-order valence-electron chi connectivity index (χ4n) is 3.32. The van der Waals surface area contributed by atoms with Gasteiger partial charge in [0.1, 0.15) is 5.66 Å². The van der Waals surface area contributed by atoms with Crippen LogP contribution in [0.25, 0.3) is 0 Å². The average molecular weight is 368 g/mol. The Labute approximate surface area is 157 Å². The number of nitrogens with zero attached hydrogens (tertiary/aromatic N) is 1. The van der Waals surface area contributed by atoms with Crippen LogP contribution in [0.4, 0.5) is 5.69 Å². The molecule has 5 heteroatoms. The lowest BCUT2D eigenvalue weighted by molar-refractivity contribution is 0.278. The molecule has 134 valence electrons. The minimum absolute atomic E-state index is 0.115. The van der Waals surface area contributed by atoms with E-state index < -0.39 is 0 Å². The maximum atomic E-state index is 5.99. The smallest absolute Gasteiger partial charge is 0.189 e. The second-order valence-electron chi connectivity index (χ2n) is 6.70. The topological polar surface area (TPSA) is 27.3 Å². The third-order valence-electron chi connectivity index (χ3n) is 4.59. The van der Waals surface area contributed by atoms with Gasteiger partial charge in [0.15, 0.2) is 5.11 Å². The van der Waals surface area contributed by atoms with Crippen molar-refractivity contribution >= 4 is 34.6 Å². The van der Waals surface area contributed by atoms with Crippen molar-refractivity contribution in [1.29, 1.82) is 0 Å². The SMILES string of the molecule is CCCCCCCC[C@@]1(CCC)NC(=S)N(c2ccc(Cl)cc2)N1. The standard InChI is InChI=1S/C19H30ClN3S/c1-3-5-6-7-8-9-15-19(14-4-2)21-18(24)23(22-19)17-12-10-16(20)11-13-17/h10-13,22H,3-9,14-15H2,1-2H3,(H,21,24)/t19-/m0/s1. The molecule has 0 radical (unpaired) electrons. The van der Waals surface area contributed by atoms with E-state index in [1.165, 1.54) is 38.5 Å². The van der Waals surface area contributed by atoms with Gasteiger partial charge in [0.25, 0.3) is 0 Å². The monoisotopic (exact) mass is 367 g/mol. The summed E-state index contributed by atoms with van der Waals surface area (Å²) in [5, 5.41) is 7.02. The van der Waals surface area contributed by atoms with Gasteiger partial charge in [0.05, 0.1) is 5.69 Å². The maximum Gasteiger partial charge on any atom is 0.189 e. The van der Waals surface area contributed by atoms with E-state index in [2.05, 4.69) is 24.6 Å². The fourth-order valence-corrected chi connectivity index (χ4v) is 3.79. The van der Waals surface area contributed by atoms with Crippen LogP contribution in [-0.4, -0.2) is 10.8 Å². The number of anilines is 1. The van der Waals surface area contributed by atoms with Crippen molar-refractivity contribution < 1.29 is 0 Å². The Balaban J connectivity index is 1.94. The van der Waals surface area contributed by atoms with E-state index >= 15 is 0 Å². The highest BCUT2D eigenvalue weighted by Gasteiger charge is 2.39. The number of rotatable bonds is 10. The molecule has 0 unspecified atom stereocenters. The molecule has 1 aliphatic rings.